The predicted octanol–water partition coefficient (Wildman–Crippen LogP) is 10.9. The van der Waals surface area contributed by atoms with Crippen LogP contribution in [0.1, 0.15) is 219 Å². The van der Waals surface area contributed by atoms with E-state index >= 15 is 0 Å². The molecule has 0 aromatic carbocycles. The first-order valence-corrected chi connectivity index (χ1v) is 24.5. The van der Waals surface area contributed by atoms with Crippen LogP contribution in [0.25, 0.3) is 0 Å². The van der Waals surface area contributed by atoms with E-state index in [1.54, 1.807) is 0 Å². The number of hydrogen-bond acceptors (Lipinski definition) is 10. The lowest BCUT2D eigenvalue weighted by Crippen LogP contribution is -2.51. The third-order valence-electron chi connectivity index (χ3n) is 10.8. The molecule has 0 heterocycles. The Morgan fingerprint density at radius 3 is 0.844 bits per heavy atom. The molecule has 0 aliphatic carbocycles. The molecule has 0 bridgehead atoms. The van der Waals surface area contributed by atoms with E-state index in [1.807, 2.05) is 104 Å². The summed E-state index contributed by atoms with van der Waals surface area (Å²) in [6.07, 6.45) is 3.52. The molecule has 6 atom stereocenters. The van der Waals surface area contributed by atoms with Crippen LogP contribution in [-0.4, -0.2) is 76.0 Å². The van der Waals surface area contributed by atoms with E-state index in [9.17, 15) is 28.8 Å². The number of hydrogen-bond donors (Lipinski definition) is 4. The summed E-state index contributed by atoms with van der Waals surface area (Å²) < 4.78 is 0. The van der Waals surface area contributed by atoms with E-state index in [-0.39, 0.29) is 116 Å². The number of nitrogens with two attached hydrogens (primary N) is 1. The number of rotatable bonds is 22. The van der Waals surface area contributed by atoms with Crippen LogP contribution in [-0.2, 0) is 28.8 Å². The highest BCUT2D eigenvalue weighted by Crippen LogP contribution is 2.28. The van der Waals surface area contributed by atoms with Crippen LogP contribution in [0.4, 0.5) is 0 Å². The van der Waals surface area contributed by atoms with Gasteiger partial charge in [0.25, 0.3) is 0 Å². The lowest BCUT2D eigenvalue weighted by Gasteiger charge is -2.32. The van der Waals surface area contributed by atoms with Gasteiger partial charge >= 0.3 is 0 Å². The van der Waals surface area contributed by atoms with Gasteiger partial charge in [0.2, 0.25) is 0 Å². The van der Waals surface area contributed by atoms with Crippen molar-refractivity contribution in [1.29, 1.82) is 0 Å². The van der Waals surface area contributed by atoms with Gasteiger partial charge in [0.05, 0.1) is 18.1 Å². The highest BCUT2D eigenvalue weighted by atomic mass is 16.2. The molecule has 0 aromatic heterocycles. The maximum Gasteiger partial charge on any atom is 0.150 e. The average molecular weight is 907 g/mol. The molecule has 0 saturated carbocycles. The van der Waals surface area contributed by atoms with E-state index in [0.717, 1.165) is 19.3 Å². The third kappa shape index (κ3) is 29.5. The van der Waals surface area contributed by atoms with E-state index in [2.05, 4.69) is 92.1 Å². The molecule has 6 unspecified atom stereocenters. The molecule has 0 amide bonds. The van der Waals surface area contributed by atoms with Crippen molar-refractivity contribution in [3.63, 3.8) is 0 Å². The monoisotopic (exact) mass is 907 g/mol. The molecule has 0 spiro atoms. The van der Waals surface area contributed by atoms with Crippen molar-refractivity contribution < 1.29 is 28.8 Å². The molecule has 0 fully saturated rings. The zero-order valence-electron chi connectivity index (χ0n) is 46.7. The molecule has 64 heavy (non-hydrogen) atoms. The van der Waals surface area contributed by atoms with Gasteiger partial charge in [-0.3, -0.25) is 28.8 Å². The van der Waals surface area contributed by atoms with Gasteiger partial charge in [0.1, 0.15) is 17.3 Å². The van der Waals surface area contributed by atoms with Crippen molar-refractivity contribution in [3.05, 3.63) is 0 Å². The number of Topliss-reactive ketones (excluding diaryl/α,β-unsaturated/α-hetero) is 6. The fourth-order valence-corrected chi connectivity index (χ4v) is 7.62. The largest absolute Gasteiger partial charge is 0.330 e. The van der Waals surface area contributed by atoms with Gasteiger partial charge in [0, 0.05) is 69.9 Å². The molecule has 5 N–H and O–H groups in total. The standard InChI is InChI=1S/C20H40N2O2.2C17H33NO2/c1-14(2)17(22-20(6,7)8)16(23)13-15(11-9-10-12-21)18(24)19(3,4)5;2*1-11(2)14(18-17(7,8)9)13(19)10-12(3)15(20)16(4,5)6/h14-15,17,22H,9-13,21H2,1-8H3;2*11-12,14,18H,10H2,1-9H3. The normalized spacial score (nSPS) is 15.8. The molecule has 10 heteroatoms. The minimum Gasteiger partial charge on any atom is -0.330 e. The highest BCUT2D eigenvalue weighted by molar-refractivity contribution is 5.94. The molecule has 0 radical (unpaired) electrons. The second-order valence-electron chi connectivity index (χ2n) is 26.0. The molecule has 0 rings (SSSR count). The van der Waals surface area contributed by atoms with E-state index in [4.69, 9.17) is 5.73 Å². The summed E-state index contributed by atoms with van der Waals surface area (Å²) in [6, 6.07) is -0.592. The zero-order chi connectivity index (χ0) is 51.7. The molecule has 0 aliphatic heterocycles. The van der Waals surface area contributed by atoms with Crippen LogP contribution >= 0.6 is 0 Å². The Kier molecular flexibility index (Phi) is 28.5. The molecular weight excluding hydrogens is 801 g/mol. The molecule has 10 nitrogen and oxygen atoms in total. The summed E-state index contributed by atoms with van der Waals surface area (Å²) in [6.45, 7) is 52.4. The Bertz CT molecular complexity index is 1370. The Labute approximate surface area is 395 Å². The van der Waals surface area contributed by atoms with Crippen LogP contribution in [0.3, 0.4) is 0 Å². The van der Waals surface area contributed by atoms with Gasteiger partial charge in [-0.25, -0.2) is 0 Å². The van der Waals surface area contributed by atoms with Gasteiger partial charge in [-0.15, -0.1) is 0 Å². The first-order chi connectivity index (χ1) is 28.3. The average Bonchev–Trinajstić information content (AvgIpc) is 3.08. The van der Waals surface area contributed by atoms with Crippen LogP contribution in [0.2, 0.25) is 0 Å². The van der Waals surface area contributed by atoms with E-state index < -0.39 is 5.41 Å². The number of carbonyl (C=O) groups excluding carboxylic acids is 6. The fraction of sp³-hybridized carbons (Fsp3) is 0.889. The van der Waals surface area contributed by atoms with Crippen molar-refractivity contribution in [3.8, 4) is 0 Å². The Morgan fingerprint density at radius 1 is 0.391 bits per heavy atom. The first-order valence-electron chi connectivity index (χ1n) is 24.5. The first kappa shape index (κ1) is 66.1. The Morgan fingerprint density at radius 2 is 0.641 bits per heavy atom. The van der Waals surface area contributed by atoms with Crippen LogP contribution in [0.15, 0.2) is 0 Å². The number of ketones is 6. The van der Waals surface area contributed by atoms with Gasteiger partial charge in [-0.05, 0) is 99.5 Å². The van der Waals surface area contributed by atoms with Crippen molar-refractivity contribution in [2.45, 2.75) is 253 Å². The van der Waals surface area contributed by atoms with Crippen LogP contribution in [0.5, 0.6) is 0 Å². The lowest BCUT2D eigenvalue weighted by molar-refractivity contribution is -0.134. The minimum absolute atomic E-state index is 0.109. The summed E-state index contributed by atoms with van der Waals surface area (Å²) in [4.78, 5) is 75.1. The van der Waals surface area contributed by atoms with Crippen LogP contribution < -0.4 is 21.7 Å². The molecule has 0 aliphatic rings. The van der Waals surface area contributed by atoms with Gasteiger partial charge in [0.15, 0.2) is 17.3 Å². The van der Waals surface area contributed by atoms with E-state index in [0.29, 0.717) is 25.8 Å². The number of nitrogens with one attached hydrogen (secondary N) is 3. The lowest BCUT2D eigenvalue weighted by atomic mass is 9.77. The van der Waals surface area contributed by atoms with Crippen molar-refractivity contribution >= 4 is 34.7 Å². The SMILES string of the molecule is CC(C)C(NC(C)(C)C)C(=O)CC(CCCCN)C(=O)C(C)(C)C.CC(CC(=O)C(NC(C)(C)C)C(C)C)C(=O)C(C)(C)C.CC(CC(=O)C(NC(C)(C)C)C(C)C)C(=O)C(C)(C)C. The van der Waals surface area contributed by atoms with Gasteiger partial charge in [-0.1, -0.05) is 124 Å². The summed E-state index contributed by atoms with van der Waals surface area (Å²) >= 11 is 0. The summed E-state index contributed by atoms with van der Waals surface area (Å²) in [5, 5.41) is 10.2. The molecule has 378 valence electrons. The topological polar surface area (TPSA) is 165 Å². The molecular formula is C54H106N4O6. The highest BCUT2D eigenvalue weighted by Gasteiger charge is 2.36. The second-order valence-corrected chi connectivity index (χ2v) is 26.0. The second kappa shape index (κ2) is 27.6. The quantitative estimate of drug-likeness (QED) is 0.0769. The predicted molar refractivity (Wildman–Crippen MR) is 272 cm³/mol. The van der Waals surface area contributed by atoms with Crippen LogP contribution in [0, 0.1) is 51.8 Å². The minimum atomic E-state index is -0.418. The van der Waals surface area contributed by atoms with E-state index in [1.165, 1.54) is 0 Å². The summed E-state index contributed by atoms with van der Waals surface area (Å²) in [5.41, 5.74) is 4.04. The maximum absolute atomic E-state index is 12.9. The van der Waals surface area contributed by atoms with Crippen molar-refractivity contribution in [2.24, 2.45) is 57.5 Å². The summed E-state index contributed by atoms with van der Waals surface area (Å²) in [7, 11) is 0. The summed E-state index contributed by atoms with van der Waals surface area (Å²) in [5.74, 6) is 0.932. The molecule has 0 saturated heterocycles. The van der Waals surface area contributed by atoms with Crippen molar-refractivity contribution in [1.82, 2.24) is 16.0 Å². The Balaban J connectivity index is -0.000000878. The van der Waals surface area contributed by atoms with Crippen molar-refractivity contribution in [2.75, 3.05) is 6.54 Å². The number of unbranched alkanes of at least 4 members (excludes halogenated alkanes) is 1. The maximum atomic E-state index is 12.9. The third-order valence-corrected chi connectivity index (χ3v) is 10.8. The smallest absolute Gasteiger partial charge is 0.150 e. The fourth-order valence-electron chi connectivity index (χ4n) is 7.62. The van der Waals surface area contributed by atoms with Gasteiger partial charge < -0.3 is 21.7 Å². The number of carbonyl (C=O) groups is 6. The Hall–Kier alpha value is -2.14. The zero-order valence-corrected chi connectivity index (χ0v) is 46.7. The van der Waals surface area contributed by atoms with Gasteiger partial charge in [-0.2, -0.15) is 0 Å². The molecule has 0 aromatic rings.